The molecule has 0 radical (unpaired) electrons. The Morgan fingerprint density at radius 2 is 1.90 bits per heavy atom. The number of hydrogen-bond acceptors (Lipinski definition) is 3. The van der Waals surface area contributed by atoms with Crippen molar-refractivity contribution in [3.8, 4) is 11.4 Å². The van der Waals surface area contributed by atoms with Crippen molar-refractivity contribution in [2.24, 2.45) is 11.3 Å². The molecular weight excluding hydrogens is 395 g/mol. The van der Waals surface area contributed by atoms with Crippen LogP contribution in [0.1, 0.15) is 33.6 Å². The van der Waals surface area contributed by atoms with Crippen LogP contribution in [0.4, 0.5) is 10.1 Å². The van der Waals surface area contributed by atoms with Gasteiger partial charge in [-0.05, 0) is 55.3 Å². The van der Waals surface area contributed by atoms with Crippen molar-refractivity contribution in [2.45, 2.75) is 33.6 Å². The summed E-state index contributed by atoms with van der Waals surface area (Å²) in [5, 5.41) is 2.97. The molecule has 1 aromatic heterocycles. The largest absolute Gasteiger partial charge is 0.341 e. The number of piperidine rings is 1. The Bertz CT molecular complexity index is 1110. The van der Waals surface area contributed by atoms with Gasteiger partial charge in [0.25, 0.3) is 0 Å². The minimum Gasteiger partial charge on any atom is -0.341 e. The summed E-state index contributed by atoms with van der Waals surface area (Å²) in [5.41, 5.74) is 2.42. The number of amides is 2. The van der Waals surface area contributed by atoms with Crippen LogP contribution in [0.5, 0.6) is 0 Å². The lowest BCUT2D eigenvalue weighted by molar-refractivity contribution is -0.142. The summed E-state index contributed by atoms with van der Waals surface area (Å²) in [4.78, 5) is 34.8. The van der Waals surface area contributed by atoms with Gasteiger partial charge in [0.1, 0.15) is 11.6 Å². The fourth-order valence-electron chi connectivity index (χ4n) is 3.92. The Kier molecular flexibility index (Phi) is 5.52. The molecule has 1 aliphatic rings. The maximum absolute atomic E-state index is 13.4. The van der Waals surface area contributed by atoms with E-state index in [0.29, 0.717) is 35.6 Å². The molecule has 0 spiro atoms. The Morgan fingerprint density at radius 3 is 2.61 bits per heavy atom. The second kappa shape index (κ2) is 8.13. The van der Waals surface area contributed by atoms with Gasteiger partial charge in [0.05, 0.1) is 17.0 Å². The molecule has 2 aromatic carbocycles. The quantitative estimate of drug-likeness (QED) is 0.648. The molecule has 1 aliphatic heterocycles. The third-order valence-electron chi connectivity index (χ3n) is 5.59. The van der Waals surface area contributed by atoms with E-state index in [1.807, 2.05) is 45.0 Å². The molecule has 2 amide bonds. The first-order valence-electron chi connectivity index (χ1n) is 10.6. The first-order valence-corrected chi connectivity index (χ1v) is 10.6. The summed E-state index contributed by atoms with van der Waals surface area (Å²) in [6.45, 7) is 6.86. The van der Waals surface area contributed by atoms with Gasteiger partial charge in [-0.3, -0.25) is 9.59 Å². The minimum atomic E-state index is -0.448. The van der Waals surface area contributed by atoms with E-state index in [1.54, 1.807) is 11.0 Å². The summed E-state index contributed by atoms with van der Waals surface area (Å²) in [6.07, 6.45) is 1.60. The van der Waals surface area contributed by atoms with E-state index >= 15 is 0 Å². The Hall–Kier alpha value is -3.22. The minimum absolute atomic E-state index is 0.0710. The fraction of sp³-hybridized carbons (Fsp3) is 0.375. The van der Waals surface area contributed by atoms with Crippen LogP contribution in [0.15, 0.2) is 42.5 Å². The van der Waals surface area contributed by atoms with Gasteiger partial charge in [-0.15, -0.1) is 0 Å². The molecule has 7 heteroatoms. The van der Waals surface area contributed by atoms with E-state index in [9.17, 15) is 14.0 Å². The highest BCUT2D eigenvalue weighted by Crippen LogP contribution is 2.26. The second-order valence-corrected chi connectivity index (χ2v) is 9.15. The number of aromatic amines is 1. The molecule has 1 unspecified atom stereocenters. The summed E-state index contributed by atoms with van der Waals surface area (Å²) in [6, 6.07) is 11.8. The van der Waals surface area contributed by atoms with Crippen molar-refractivity contribution in [1.29, 1.82) is 0 Å². The predicted molar refractivity (Wildman–Crippen MR) is 119 cm³/mol. The zero-order valence-electron chi connectivity index (χ0n) is 18.0. The van der Waals surface area contributed by atoms with Crippen LogP contribution in [0.2, 0.25) is 0 Å². The lowest BCUT2D eigenvalue weighted by Crippen LogP contribution is -2.47. The van der Waals surface area contributed by atoms with Crippen LogP contribution in [-0.4, -0.2) is 39.8 Å². The number of aromatic nitrogens is 2. The predicted octanol–water partition coefficient (Wildman–Crippen LogP) is 4.59. The monoisotopic (exact) mass is 422 g/mol. The first-order chi connectivity index (χ1) is 14.7. The fourth-order valence-corrected chi connectivity index (χ4v) is 3.92. The second-order valence-electron chi connectivity index (χ2n) is 9.15. The van der Waals surface area contributed by atoms with Gasteiger partial charge in [-0.2, -0.15) is 0 Å². The van der Waals surface area contributed by atoms with Crippen LogP contribution in [-0.2, 0) is 9.59 Å². The van der Waals surface area contributed by atoms with E-state index in [0.717, 1.165) is 18.4 Å². The molecule has 0 bridgehead atoms. The number of benzene rings is 2. The number of rotatable bonds is 3. The van der Waals surface area contributed by atoms with Crippen LogP contribution >= 0.6 is 0 Å². The molecular formula is C24H27FN4O2. The first kappa shape index (κ1) is 21.0. The van der Waals surface area contributed by atoms with Crippen molar-refractivity contribution in [3.63, 3.8) is 0 Å². The van der Waals surface area contributed by atoms with Gasteiger partial charge in [0, 0.05) is 29.8 Å². The molecule has 4 rings (SSSR count). The van der Waals surface area contributed by atoms with Crippen molar-refractivity contribution in [3.05, 3.63) is 48.3 Å². The van der Waals surface area contributed by atoms with Gasteiger partial charge in [-0.1, -0.05) is 20.8 Å². The topological polar surface area (TPSA) is 78.1 Å². The number of halogens is 1. The average molecular weight is 423 g/mol. The normalized spacial score (nSPS) is 17.0. The van der Waals surface area contributed by atoms with E-state index in [4.69, 9.17) is 0 Å². The van der Waals surface area contributed by atoms with Gasteiger partial charge in [0.2, 0.25) is 11.8 Å². The zero-order valence-corrected chi connectivity index (χ0v) is 18.0. The maximum Gasteiger partial charge on any atom is 0.229 e. The Balaban J connectivity index is 1.42. The standard InChI is InChI=1S/C24H27FN4O2/c1-24(2,3)23(31)29-12-4-5-16(14-29)22(30)26-18-9-6-15(7-10-18)21-27-19-11-8-17(25)13-20(19)28-21/h6-11,13,16H,4-5,12,14H2,1-3H3,(H,26,30)(H,27,28). The molecule has 1 saturated heterocycles. The van der Waals surface area contributed by atoms with E-state index in [1.165, 1.54) is 12.1 Å². The number of nitrogens with one attached hydrogen (secondary N) is 2. The summed E-state index contributed by atoms with van der Waals surface area (Å²) in [7, 11) is 0. The summed E-state index contributed by atoms with van der Waals surface area (Å²) >= 11 is 0. The molecule has 31 heavy (non-hydrogen) atoms. The Morgan fingerprint density at radius 1 is 1.16 bits per heavy atom. The molecule has 2 heterocycles. The number of likely N-dealkylation sites (tertiary alicyclic amines) is 1. The van der Waals surface area contributed by atoms with E-state index < -0.39 is 5.41 Å². The lowest BCUT2D eigenvalue weighted by atomic mass is 9.91. The Labute approximate surface area is 180 Å². The number of fused-ring (bicyclic) bond motifs is 1. The molecule has 3 aromatic rings. The van der Waals surface area contributed by atoms with Crippen LogP contribution in [0, 0.1) is 17.2 Å². The number of carbonyl (C=O) groups excluding carboxylic acids is 2. The van der Waals surface area contributed by atoms with Crippen molar-refractivity contribution in [1.82, 2.24) is 14.9 Å². The molecule has 0 saturated carbocycles. The summed E-state index contributed by atoms with van der Waals surface area (Å²) in [5.74, 6) is 0.122. The number of nitrogens with zero attached hydrogens (tertiary/aromatic N) is 2. The van der Waals surface area contributed by atoms with E-state index in [-0.39, 0.29) is 23.5 Å². The molecule has 1 atom stereocenters. The number of H-pyrrole nitrogens is 1. The van der Waals surface area contributed by atoms with E-state index in [2.05, 4.69) is 15.3 Å². The van der Waals surface area contributed by atoms with Gasteiger partial charge < -0.3 is 15.2 Å². The highest BCUT2D eigenvalue weighted by Gasteiger charge is 2.33. The molecule has 2 N–H and O–H groups in total. The lowest BCUT2D eigenvalue weighted by Gasteiger charge is -2.35. The van der Waals surface area contributed by atoms with Gasteiger partial charge in [-0.25, -0.2) is 9.37 Å². The molecule has 6 nitrogen and oxygen atoms in total. The van der Waals surface area contributed by atoms with Crippen LogP contribution in [0.25, 0.3) is 22.4 Å². The SMILES string of the molecule is CC(C)(C)C(=O)N1CCCC(C(=O)Nc2ccc(-c3nc4ccc(F)cc4[nH]3)cc2)C1. The number of anilines is 1. The zero-order chi connectivity index (χ0) is 22.2. The highest BCUT2D eigenvalue weighted by molar-refractivity contribution is 5.93. The third kappa shape index (κ3) is 4.60. The van der Waals surface area contributed by atoms with Gasteiger partial charge in [0.15, 0.2) is 0 Å². The van der Waals surface area contributed by atoms with Crippen LogP contribution < -0.4 is 5.32 Å². The number of carbonyl (C=O) groups is 2. The molecule has 0 aliphatic carbocycles. The highest BCUT2D eigenvalue weighted by atomic mass is 19.1. The maximum atomic E-state index is 13.4. The number of imidazole rings is 1. The van der Waals surface area contributed by atoms with Crippen molar-refractivity contribution < 1.29 is 14.0 Å². The average Bonchev–Trinajstić information content (AvgIpc) is 3.16. The van der Waals surface area contributed by atoms with Crippen LogP contribution in [0.3, 0.4) is 0 Å². The smallest absolute Gasteiger partial charge is 0.229 e. The summed E-state index contributed by atoms with van der Waals surface area (Å²) < 4.78 is 13.4. The number of hydrogen-bond donors (Lipinski definition) is 2. The van der Waals surface area contributed by atoms with Crippen molar-refractivity contribution in [2.75, 3.05) is 18.4 Å². The van der Waals surface area contributed by atoms with Gasteiger partial charge >= 0.3 is 0 Å². The molecule has 1 fully saturated rings. The molecule has 162 valence electrons. The third-order valence-corrected chi connectivity index (χ3v) is 5.59. The van der Waals surface area contributed by atoms with Crippen molar-refractivity contribution >= 4 is 28.5 Å².